The SMILES string of the molecule is Cc1ccc(NC(=O)C(=O)Nc2cc3c4c(c2)CCN4C(=O)CC3)cc1Cl. The molecule has 0 fully saturated rings. The number of carbonyl (C=O) groups is 3. The number of carbonyl (C=O) groups excluding carboxylic acids is 3. The summed E-state index contributed by atoms with van der Waals surface area (Å²) in [7, 11) is 0. The first-order chi connectivity index (χ1) is 12.9. The first-order valence-electron chi connectivity index (χ1n) is 8.77. The minimum Gasteiger partial charge on any atom is -0.318 e. The minimum absolute atomic E-state index is 0.147. The molecule has 0 radical (unpaired) electrons. The van der Waals surface area contributed by atoms with E-state index >= 15 is 0 Å². The van der Waals surface area contributed by atoms with Gasteiger partial charge < -0.3 is 15.5 Å². The van der Waals surface area contributed by atoms with E-state index in [9.17, 15) is 14.4 Å². The molecule has 2 aromatic carbocycles. The van der Waals surface area contributed by atoms with Crippen LogP contribution in [0, 0.1) is 6.92 Å². The Kier molecular flexibility index (Phi) is 4.36. The maximum atomic E-state index is 12.3. The zero-order valence-corrected chi connectivity index (χ0v) is 15.5. The third kappa shape index (κ3) is 3.28. The van der Waals surface area contributed by atoms with Crippen molar-refractivity contribution in [1.82, 2.24) is 0 Å². The van der Waals surface area contributed by atoms with E-state index in [-0.39, 0.29) is 5.91 Å². The molecule has 27 heavy (non-hydrogen) atoms. The summed E-state index contributed by atoms with van der Waals surface area (Å²) >= 11 is 6.04. The molecule has 3 amide bonds. The highest BCUT2D eigenvalue weighted by atomic mass is 35.5. The Hall–Kier alpha value is -2.86. The fourth-order valence-corrected chi connectivity index (χ4v) is 3.76. The van der Waals surface area contributed by atoms with Gasteiger partial charge >= 0.3 is 11.8 Å². The Morgan fingerprint density at radius 3 is 2.33 bits per heavy atom. The Bertz CT molecular complexity index is 987. The van der Waals surface area contributed by atoms with Gasteiger partial charge in [0.05, 0.1) is 5.69 Å². The van der Waals surface area contributed by atoms with E-state index < -0.39 is 11.8 Å². The second-order valence-electron chi connectivity index (χ2n) is 6.81. The Morgan fingerprint density at radius 2 is 1.63 bits per heavy atom. The average molecular weight is 384 g/mol. The smallest absolute Gasteiger partial charge is 0.314 e. The molecule has 138 valence electrons. The summed E-state index contributed by atoms with van der Waals surface area (Å²) in [6, 6.07) is 8.75. The van der Waals surface area contributed by atoms with Crippen molar-refractivity contribution in [2.45, 2.75) is 26.2 Å². The second-order valence-corrected chi connectivity index (χ2v) is 7.22. The number of benzene rings is 2. The van der Waals surface area contributed by atoms with Gasteiger partial charge in [0, 0.05) is 29.4 Å². The lowest BCUT2D eigenvalue weighted by atomic mass is 9.98. The van der Waals surface area contributed by atoms with Gasteiger partial charge in [0.2, 0.25) is 5.91 Å². The highest BCUT2D eigenvalue weighted by Crippen LogP contribution is 2.38. The molecule has 0 spiro atoms. The van der Waals surface area contributed by atoms with Crippen molar-refractivity contribution in [3.8, 4) is 0 Å². The Labute approximate surface area is 161 Å². The van der Waals surface area contributed by atoms with Crippen LogP contribution in [0.5, 0.6) is 0 Å². The third-order valence-electron chi connectivity index (χ3n) is 4.95. The number of amides is 3. The lowest BCUT2D eigenvalue weighted by Gasteiger charge is -2.25. The average Bonchev–Trinajstić information content (AvgIpc) is 3.06. The first-order valence-corrected chi connectivity index (χ1v) is 9.15. The van der Waals surface area contributed by atoms with Crippen LogP contribution in [-0.4, -0.2) is 24.3 Å². The quantitative estimate of drug-likeness (QED) is 0.782. The highest BCUT2D eigenvalue weighted by molar-refractivity contribution is 6.43. The number of halogens is 1. The summed E-state index contributed by atoms with van der Waals surface area (Å²) in [5, 5.41) is 5.72. The van der Waals surface area contributed by atoms with E-state index in [4.69, 9.17) is 11.6 Å². The van der Waals surface area contributed by atoms with Gasteiger partial charge in [-0.15, -0.1) is 0 Å². The minimum atomic E-state index is -0.763. The van der Waals surface area contributed by atoms with Crippen LogP contribution in [0.25, 0.3) is 0 Å². The van der Waals surface area contributed by atoms with Crippen LogP contribution in [0.1, 0.15) is 23.1 Å². The van der Waals surface area contributed by atoms with Crippen molar-refractivity contribution < 1.29 is 14.4 Å². The van der Waals surface area contributed by atoms with Crippen molar-refractivity contribution >= 4 is 46.4 Å². The molecular formula is C20H18ClN3O3. The molecule has 2 heterocycles. The standard InChI is InChI=1S/C20H18ClN3O3/c1-11-2-4-14(10-16(11)21)22-19(26)20(27)23-15-8-12-3-5-17(25)24-7-6-13(9-15)18(12)24/h2,4,8-10H,3,5-7H2,1H3,(H,22,26)(H,23,27). The van der Waals surface area contributed by atoms with E-state index in [0.29, 0.717) is 35.8 Å². The number of rotatable bonds is 2. The molecular weight excluding hydrogens is 366 g/mol. The summed E-state index contributed by atoms with van der Waals surface area (Å²) in [4.78, 5) is 38.3. The van der Waals surface area contributed by atoms with E-state index in [0.717, 1.165) is 28.8 Å². The molecule has 0 unspecified atom stereocenters. The molecule has 2 N–H and O–H groups in total. The molecule has 2 aliphatic heterocycles. The van der Waals surface area contributed by atoms with Crippen molar-refractivity contribution in [3.63, 3.8) is 0 Å². The van der Waals surface area contributed by atoms with Crippen molar-refractivity contribution in [3.05, 3.63) is 52.0 Å². The second kappa shape index (κ2) is 6.70. The number of aryl methyl sites for hydroxylation is 2. The van der Waals surface area contributed by atoms with E-state index in [1.807, 2.05) is 24.0 Å². The number of nitrogens with one attached hydrogen (secondary N) is 2. The lowest BCUT2D eigenvalue weighted by molar-refractivity contribution is -0.132. The molecule has 4 rings (SSSR count). The van der Waals surface area contributed by atoms with Crippen LogP contribution < -0.4 is 15.5 Å². The molecule has 6 nitrogen and oxygen atoms in total. The normalized spacial score (nSPS) is 14.7. The van der Waals surface area contributed by atoms with Crippen molar-refractivity contribution in [2.75, 3.05) is 22.1 Å². The summed E-state index contributed by atoms with van der Waals surface area (Å²) < 4.78 is 0. The number of hydrogen-bond donors (Lipinski definition) is 2. The molecule has 0 saturated carbocycles. The van der Waals surface area contributed by atoms with Crippen LogP contribution in [-0.2, 0) is 27.2 Å². The van der Waals surface area contributed by atoms with E-state index in [1.54, 1.807) is 18.2 Å². The van der Waals surface area contributed by atoms with Crippen LogP contribution in [0.3, 0.4) is 0 Å². The van der Waals surface area contributed by atoms with Gasteiger partial charge in [-0.3, -0.25) is 14.4 Å². The van der Waals surface area contributed by atoms with Crippen molar-refractivity contribution in [1.29, 1.82) is 0 Å². The molecule has 2 aliphatic rings. The zero-order chi connectivity index (χ0) is 19.1. The van der Waals surface area contributed by atoms with Gasteiger partial charge in [0.25, 0.3) is 0 Å². The molecule has 2 aromatic rings. The van der Waals surface area contributed by atoms with Gasteiger partial charge in [-0.05, 0) is 60.7 Å². The molecule has 0 saturated heterocycles. The summed E-state index contributed by atoms with van der Waals surface area (Å²) in [6.45, 7) is 2.53. The molecule has 7 heteroatoms. The highest BCUT2D eigenvalue weighted by Gasteiger charge is 2.31. The Balaban J connectivity index is 1.49. The molecule has 0 aliphatic carbocycles. The van der Waals surface area contributed by atoms with Gasteiger partial charge in [0.15, 0.2) is 0 Å². The van der Waals surface area contributed by atoms with Gasteiger partial charge in [-0.1, -0.05) is 17.7 Å². The molecule has 0 atom stereocenters. The Morgan fingerprint density at radius 1 is 0.963 bits per heavy atom. The summed E-state index contributed by atoms with van der Waals surface area (Å²) in [5.74, 6) is -1.37. The van der Waals surface area contributed by atoms with Crippen LogP contribution in [0.15, 0.2) is 30.3 Å². The molecule has 0 bridgehead atoms. The predicted molar refractivity (Wildman–Crippen MR) is 104 cm³/mol. The summed E-state index contributed by atoms with van der Waals surface area (Å²) in [5.41, 5.74) is 4.96. The van der Waals surface area contributed by atoms with Crippen LogP contribution in [0.2, 0.25) is 5.02 Å². The number of nitrogens with zero attached hydrogens (tertiary/aromatic N) is 1. The fraction of sp³-hybridized carbons (Fsp3) is 0.250. The molecule has 0 aromatic heterocycles. The van der Waals surface area contributed by atoms with Gasteiger partial charge in [0.1, 0.15) is 0 Å². The number of hydrogen-bond acceptors (Lipinski definition) is 3. The van der Waals surface area contributed by atoms with Gasteiger partial charge in [-0.2, -0.15) is 0 Å². The fourth-order valence-electron chi connectivity index (χ4n) is 3.58. The van der Waals surface area contributed by atoms with Gasteiger partial charge in [-0.25, -0.2) is 0 Å². The third-order valence-corrected chi connectivity index (χ3v) is 5.35. The maximum Gasteiger partial charge on any atom is 0.314 e. The first kappa shape index (κ1) is 17.5. The number of anilines is 3. The predicted octanol–water partition coefficient (Wildman–Crippen LogP) is 3.06. The lowest BCUT2D eigenvalue weighted by Crippen LogP contribution is -2.33. The maximum absolute atomic E-state index is 12.3. The topological polar surface area (TPSA) is 78.5 Å². The largest absolute Gasteiger partial charge is 0.318 e. The monoisotopic (exact) mass is 383 g/mol. The van der Waals surface area contributed by atoms with Crippen LogP contribution in [0.4, 0.5) is 17.1 Å². The van der Waals surface area contributed by atoms with E-state index in [1.165, 1.54) is 0 Å². The summed E-state index contributed by atoms with van der Waals surface area (Å²) in [6.07, 6.45) is 1.87. The van der Waals surface area contributed by atoms with Crippen LogP contribution >= 0.6 is 11.6 Å². The van der Waals surface area contributed by atoms with Crippen molar-refractivity contribution in [2.24, 2.45) is 0 Å². The zero-order valence-electron chi connectivity index (χ0n) is 14.8. The van der Waals surface area contributed by atoms with E-state index in [2.05, 4.69) is 10.6 Å².